The summed E-state index contributed by atoms with van der Waals surface area (Å²) < 4.78 is 7.72. The Kier molecular flexibility index (Phi) is 5.17. The molecule has 6 nitrogen and oxygen atoms in total. The van der Waals surface area contributed by atoms with Gasteiger partial charge in [0.2, 0.25) is 0 Å². The smallest absolute Gasteiger partial charge is 0.159 e. The molecule has 0 aliphatic heterocycles. The van der Waals surface area contributed by atoms with Crippen LogP contribution in [0.25, 0.3) is 5.65 Å². The molecule has 0 radical (unpaired) electrons. The van der Waals surface area contributed by atoms with Gasteiger partial charge in [-0.3, -0.25) is 0 Å². The predicted octanol–water partition coefficient (Wildman–Crippen LogP) is 6.34. The second-order valence-corrected chi connectivity index (χ2v) is 7.56. The van der Waals surface area contributed by atoms with Crippen molar-refractivity contribution in [2.45, 2.75) is 6.92 Å². The molecular weight excluding hydrogens is 398 g/mol. The summed E-state index contributed by atoms with van der Waals surface area (Å²) >= 11 is 0. The summed E-state index contributed by atoms with van der Waals surface area (Å²) in [6.07, 6.45) is 1.76. The molecule has 0 spiro atoms. The summed E-state index contributed by atoms with van der Waals surface area (Å²) in [5.41, 5.74) is 3.98. The Morgan fingerprint density at radius 3 is 2.41 bits per heavy atom. The van der Waals surface area contributed by atoms with Crippen LogP contribution in [-0.4, -0.2) is 21.6 Å². The van der Waals surface area contributed by atoms with Gasteiger partial charge in [-0.05, 0) is 61.0 Å². The lowest BCUT2D eigenvalue weighted by Gasteiger charge is -2.21. The molecule has 32 heavy (non-hydrogen) atoms. The number of fused-ring (bicyclic) bond motifs is 1. The van der Waals surface area contributed by atoms with Gasteiger partial charge in [0.15, 0.2) is 5.65 Å². The van der Waals surface area contributed by atoms with Gasteiger partial charge < -0.3 is 15.0 Å². The minimum Gasteiger partial charge on any atom is -0.457 e. The van der Waals surface area contributed by atoms with Crippen LogP contribution in [0.15, 0.2) is 97.2 Å². The van der Waals surface area contributed by atoms with E-state index >= 15 is 0 Å². The van der Waals surface area contributed by atoms with Crippen LogP contribution in [0.4, 0.5) is 23.0 Å². The van der Waals surface area contributed by atoms with Crippen molar-refractivity contribution < 1.29 is 4.74 Å². The van der Waals surface area contributed by atoms with Gasteiger partial charge in [0.25, 0.3) is 0 Å². The summed E-state index contributed by atoms with van der Waals surface area (Å²) in [6, 6.07) is 29.8. The van der Waals surface area contributed by atoms with Crippen LogP contribution in [0.5, 0.6) is 11.5 Å². The quantitative estimate of drug-likeness (QED) is 0.347. The van der Waals surface area contributed by atoms with Crippen molar-refractivity contribution >= 4 is 28.7 Å². The van der Waals surface area contributed by atoms with Gasteiger partial charge in [0, 0.05) is 30.6 Å². The minimum absolute atomic E-state index is 0.740. The van der Waals surface area contributed by atoms with E-state index in [1.54, 1.807) is 6.20 Å². The Morgan fingerprint density at radius 2 is 1.62 bits per heavy atom. The highest BCUT2D eigenvalue weighted by Crippen LogP contribution is 2.29. The lowest BCUT2D eigenvalue weighted by molar-refractivity contribution is 0.483. The SMILES string of the molecule is Cc1cccc(N(C)c2cc(Nc3ccc(Oc4ccccc4)cc3)nc3ccnn23)c1. The van der Waals surface area contributed by atoms with E-state index in [0.29, 0.717) is 0 Å². The van der Waals surface area contributed by atoms with Gasteiger partial charge >= 0.3 is 0 Å². The molecule has 1 N–H and O–H groups in total. The van der Waals surface area contributed by atoms with E-state index in [-0.39, 0.29) is 0 Å². The largest absolute Gasteiger partial charge is 0.457 e. The van der Waals surface area contributed by atoms with Crippen molar-refractivity contribution in [1.82, 2.24) is 14.6 Å². The Balaban J connectivity index is 1.41. The zero-order chi connectivity index (χ0) is 21.9. The fourth-order valence-electron chi connectivity index (χ4n) is 3.55. The predicted molar refractivity (Wildman–Crippen MR) is 128 cm³/mol. The Hall–Kier alpha value is -4.32. The average Bonchev–Trinajstić information content (AvgIpc) is 3.29. The number of hydrogen-bond donors (Lipinski definition) is 1. The molecule has 5 aromatic rings. The maximum absolute atomic E-state index is 5.88. The van der Waals surface area contributed by atoms with Crippen LogP contribution in [0.3, 0.4) is 0 Å². The topological polar surface area (TPSA) is 54.7 Å². The van der Waals surface area contributed by atoms with Crippen LogP contribution in [-0.2, 0) is 0 Å². The number of benzene rings is 3. The van der Waals surface area contributed by atoms with Gasteiger partial charge in [0.1, 0.15) is 23.1 Å². The zero-order valence-corrected chi connectivity index (χ0v) is 17.9. The third-order valence-corrected chi connectivity index (χ3v) is 5.18. The van der Waals surface area contributed by atoms with E-state index in [2.05, 4.69) is 46.5 Å². The van der Waals surface area contributed by atoms with Crippen LogP contribution in [0.2, 0.25) is 0 Å². The third-order valence-electron chi connectivity index (χ3n) is 5.18. The van der Waals surface area contributed by atoms with Gasteiger partial charge in [-0.2, -0.15) is 9.61 Å². The normalized spacial score (nSPS) is 10.8. The lowest BCUT2D eigenvalue weighted by Crippen LogP contribution is -2.15. The van der Waals surface area contributed by atoms with Gasteiger partial charge in [0.05, 0.1) is 6.20 Å². The molecule has 0 bridgehead atoms. The van der Waals surface area contributed by atoms with Crippen LogP contribution < -0.4 is 15.0 Å². The number of rotatable bonds is 6. The molecule has 0 unspecified atom stereocenters. The molecule has 0 aliphatic rings. The zero-order valence-electron chi connectivity index (χ0n) is 17.9. The van der Waals surface area contributed by atoms with Crippen LogP contribution in [0, 0.1) is 6.92 Å². The molecule has 3 aromatic carbocycles. The standard InChI is InChI=1S/C26H23N5O/c1-19-7-6-8-21(17-19)30(2)26-18-24(29-25-15-16-27-31(25)26)28-20-11-13-23(14-12-20)32-22-9-4-3-5-10-22/h3-18H,1-2H3,(H,28,29). The number of ether oxygens (including phenoxy) is 1. The first-order valence-corrected chi connectivity index (χ1v) is 10.4. The van der Waals surface area contributed by atoms with Crippen LogP contribution in [0.1, 0.15) is 5.56 Å². The molecule has 0 amide bonds. The van der Waals surface area contributed by atoms with Gasteiger partial charge in [-0.1, -0.05) is 30.3 Å². The molecule has 2 aromatic heterocycles. The summed E-state index contributed by atoms with van der Waals surface area (Å²) in [4.78, 5) is 6.81. The van der Waals surface area contributed by atoms with Crippen molar-refractivity contribution in [3.63, 3.8) is 0 Å². The molecular formula is C26H23N5O. The highest BCUT2D eigenvalue weighted by molar-refractivity contribution is 5.69. The molecule has 158 valence electrons. The first-order valence-electron chi connectivity index (χ1n) is 10.4. The van der Waals surface area contributed by atoms with E-state index in [0.717, 1.165) is 40.2 Å². The number of para-hydroxylation sites is 1. The third kappa shape index (κ3) is 4.11. The number of aryl methyl sites for hydroxylation is 1. The van der Waals surface area contributed by atoms with E-state index in [4.69, 9.17) is 9.72 Å². The Bertz CT molecular complexity index is 1350. The molecule has 0 fully saturated rings. The highest BCUT2D eigenvalue weighted by atomic mass is 16.5. The molecule has 0 atom stereocenters. The molecule has 0 aliphatic carbocycles. The average molecular weight is 422 g/mol. The van der Waals surface area contributed by atoms with E-state index in [1.165, 1.54) is 5.56 Å². The lowest BCUT2D eigenvalue weighted by atomic mass is 10.2. The molecule has 2 heterocycles. The summed E-state index contributed by atoms with van der Waals surface area (Å²) in [7, 11) is 2.03. The van der Waals surface area contributed by atoms with Crippen molar-refractivity contribution in [2.24, 2.45) is 0 Å². The first-order chi connectivity index (χ1) is 15.7. The maximum atomic E-state index is 5.88. The fraction of sp³-hybridized carbons (Fsp3) is 0.0769. The van der Waals surface area contributed by atoms with Crippen molar-refractivity contribution in [3.05, 3.63) is 103 Å². The van der Waals surface area contributed by atoms with Crippen LogP contribution >= 0.6 is 0 Å². The second-order valence-electron chi connectivity index (χ2n) is 7.56. The first kappa shape index (κ1) is 19.6. The van der Waals surface area contributed by atoms with Crippen molar-refractivity contribution in [3.8, 4) is 11.5 Å². The number of hydrogen-bond acceptors (Lipinski definition) is 5. The minimum atomic E-state index is 0.740. The molecule has 0 saturated heterocycles. The monoisotopic (exact) mass is 421 g/mol. The molecule has 5 rings (SSSR count). The Morgan fingerprint density at radius 1 is 0.844 bits per heavy atom. The second kappa shape index (κ2) is 8.43. The maximum Gasteiger partial charge on any atom is 0.159 e. The summed E-state index contributed by atoms with van der Waals surface area (Å²) in [6.45, 7) is 2.09. The summed E-state index contributed by atoms with van der Waals surface area (Å²) in [5.74, 6) is 3.24. The molecule has 0 saturated carbocycles. The van der Waals surface area contributed by atoms with E-state index in [1.807, 2.05) is 78.3 Å². The van der Waals surface area contributed by atoms with Gasteiger partial charge in [-0.25, -0.2) is 4.98 Å². The fourth-order valence-corrected chi connectivity index (χ4v) is 3.55. The van der Waals surface area contributed by atoms with Crippen molar-refractivity contribution in [2.75, 3.05) is 17.3 Å². The van der Waals surface area contributed by atoms with E-state index in [9.17, 15) is 0 Å². The van der Waals surface area contributed by atoms with Crippen molar-refractivity contribution in [1.29, 1.82) is 0 Å². The van der Waals surface area contributed by atoms with Gasteiger partial charge in [-0.15, -0.1) is 0 Å². The van der Waals surface area contributed by atoms with E-state index < -0.39 is 0 Å². The summed E-state index contributed by atoms with van der Waals surface area (Å²) in [5, 5.41) is 7.86. The number of nitrogens with one attached hydrogen (secondary N) is 1. The number of nitrogens with zero attached hydrogens (tertiary/aromatic N) is 4. The molecule has 6 heteroatoms. The number of aromatic nitrogens is 3. The Labute approximate surface area is 186 Å². The number of anilines is 4. The highest BCUT2D eigenvalue weighted by Gasteiger charge is 2.13.